The van der Waals surface area contributed by atoms with E-state index in [0.29, 0.717) is 49.6 Å². The summed E-state index contributed by atoms with van der Waals surface area (Å²) in [7, 11) is 1.88. The third kappa shape index (κ3) is 3.74. The van der Waals surface area contributed by atoms with Gasteiger partial charge in [0.2, 0.25) is 5.91 Å². The van der Waals surface area contributed by atoms with Crippen LogP contribution in [0, 0.1) is 0 Å². The Morgan fingerprint density at radius 2 is 1.96 bits per heavy atom. The second-order valence-electron chi connectivity index (χ2n) is 6.46. The lowest BCUT2D eigenvalue weighted by Gasteiger charge is -2.29. The van der Waals surface area contributed by atoms with Crippen LogP contribution in [-0.2, 0) is 16.6 Å². The number of fused-ring (bicyclic) bond motifs is 1. The molecule has 27 heavy (non-hydrogen) atoms. The normalized spacial score (nSPS) is 20.4. The van der Waals surface area contributed by atoms with Crippen LogP contribution in [0.15, 0.2) is 29.4 Å². The molecule has 2 aliphatic heterocycles. The number of morpholine rings is 1. The molecule has 1 aromatic heterocycles. The van der Waals surface area contributed by atoms with Crippen LogP contribution in [0.2, 0.25) is 0 Å². The number of amides is 1. The van der Waals surface area contributed by atoms with Crippen LogP contribution in [-0.4, -0.2) is 63.7 Å². The molecule has 3 heterocycles. The van der Waals surface area contributed by atoms with Gasteiger partial charge in [0.1, 0.15) is 6.61 Å². The van der Waals surface area contributed by atoms with E-state index >= 15 is 0 Å². The number of carbonyl (C=O) groups is 1. The lowest BCUT2D eigenvalue weighted by molar-refractivity contribution is -0.134. The SMILES string of the molecule is C[C@H](Sc1nnc([C@H]2COc3ccccc3O2)n1C)C(=O)N1CCOCC1. The maximum absolute atomic E-state index is 12.6. The van der Waals surface area contributed by atoms with E-state index in [2.05, 4.69) is 10.2 Å². The van der Waals surface area contributed by atoms with Crippen LogP contribution in [0.5, 0.6) is 11.5 Å². The summed E-state index contributed by atoms with van der Waals surface area (Å²) in [6, 6.07) is 7.56. The predicted octanol–water partition coefficient (Wildman–Crippen LogP) is 1.67. The van der Waals surface area contributed by atoms with Gasteiger partial charge in [-0.1, -0.05) is 23.9 Å². The van der Waals surface area contributed by atoms with Crippen LogP contribution in [0.3, 0.4) is 0 Å². The van der Waals surface area contributed by atoms with Crippen molar-refractivity contribution in [2.24, 2.45) is 7.05 Å². The van der Waals surface area contributed by atoms with Gasteiger partial charge >= 0.3 is 0 Å². The first-order valence-electron chi connectivity index (χ1n) is 8.94. The summed E-state index contributed by atoms with van der Waals surface area (Å²) in [5.41, 5.74) is 0. The maximum atomic E-state index is 12.6. The summed E-state index contributed by atoms with van der Waals surface area (Å²) in [5.74, 6) is 2.20. The number of hydrogen-bond donors (Lipinski definition) is 0. The van der Waals surface area contributed by atoms with E-state index < -0.39 is 0 Å². The molecule has 4 rings (SSSR count). The zero-order valence-corrected chi connectivity index (χ0v) is 16.1. The minimum Gasteiger partial charge on any atom is -0.485 e. The first-order chi connectivity index (χ1) is 13.1. The molecule has 2 aliphatic rings. The number of benzene rings is 1. The van der Waals surface area contributed by atoms with E-state index in [1.807, 2.05) is 47.7 Å². The van der Waals surface area contributed by atoms with Gasteiger partial charge in [0.15, 0.2) is 28.6 Å². The highest BCUT2D eigenvalue weighted by Gasteiger charge is 2.29. The fourth-order valence-electron chi connectivity index (χ4n) is 3.11. The lowest BCUT2D eigenvalue weighted by Crippen LogP contribution is -2.44. The molecule has 1 aromatic carbocycles. The number of hydrogen-bond acceptors (Lipinski definition) is 7. The number of carbonyl (C=O) groups excluding carboxylic acids is 1. The van der Waals surface area contributed by atoms with E-state index in [0.717, 1.165) is 5.75 Å². The molecule has 2 aromatic rings. The van der Waals surface area contributed by atoms with Gasteiger partial charge in [-0.15, -0.1) is 10.2 Å². The predicted molar refractivity (Wildman–Crippen MR) is 99.0 cm³/mol. The number of aromatic nitrogens is 3. The summed E-state index contributed by atoms with van der Waals surface area (Å²) >= 11 is 1.40. The fourth-order valence-corrected chi connectivity index (χ4v) is 4.01. The van der Waals surface area contributed by atoms with Gasteiger partial charge in [0.05, 0.1) is 18.5 Å². The summed E-state index contributed by atoms with van der Waals surface area (Å²) in [4.78, 5) is 14.4. The molecular weight excluding hydrogens is 368 g/mol. The number of thioether (sulfide) groups is 1. The monoisotopic (exact) mass is 390 g/mol. The third-order valence-corrected chi connectivity index (χ3v) is 5.74. The third-order valence-electron chi connectivity index (χ3n) is 4.62. The molecule has 1 saturated heterocycles. The molecule has 0 spiro atoms. The Balaban J connectivity index is 1.44. The first kappa shape index (κ1) is 18.1. The Kier molecular flexibility index (Phi) is 5.22. The number of para-hydroxylation sites is 2. The molecule has 1 fully saturated rings. The second-order valence-corrected chi connectivity index (χ2v) is 7.77. The molecule has 0 radical (unpaired) electrons. The molecule has 0 bridgehead atoms. The van der Waals surface area contributed by atoms with Gasteiger partial charge < -0.3 is 23.7 Å². The number of ether oxygens (including phenoxy) is 3. The van der Waals surface area contributed by atoms with Crippen LogP contribution >= 0.6 is 11.8 Å². The van der Waals surface area contributed by atoms with Gasteiger partial charge in [0, 0.05) is 20.1 Å². The van der Waals surface area contributed by atoms with Crippen LogP contribution in [0.4, 0.5) is 0 Å². The summed E-state index contributed by atoms with van der Waals surface area (Å²) in [5, 5.41) is 8.97. The Morgan fingerprint density at radius 3 is 2.74 bits per heavy atom. The van der Waals surface area contributed by atoms with Gasteiger partial charge in [-0.3, -0.25) is 4.79 Å². The minimum atomic E-state index is -0.336. The minimum absolute atomic E-state index is 0.0963. The largest absolute Gasteiger partial charge is 0.485 e. The van der Waals surface area contributed by atoms with Crippen LogP contribution < -0.4 is 9.47 Å². The van der Waals surface area contributed by atoms with Crippen molar-refractivity contribution in [3.8, 4) is 11.5 Å². The van der Waals surface area contributed by atoms with Crippen molar-refractivity contribution in [1.29, 1.82) is 0 Å². The molecular formula is C18H22N4O4S. The van der Waals surface area contributed by atoms with Crippen LogP contribution in [0.25, 0.3) is 0 Å². The molecule has 0 N–H and O–H groups in total. The zero-order chi connectivity index (χ0) is 18.8. The first-order valence-corrected chi connectivity index (χ1v) is 9.82. The lowest BCUT2D eigenvalue weighted by atomic mass is 10.2. The van der Waals surface area contributed by atoms with Crippen LogP contribution in [0.1, 0.15) is 18.9 Å². The smallest absolute Gasteiger partial charge is 0.236 e. The Labute approximate surface area is 161 Å². The highest BCUT2D eigenvalue weighted by molar-refractivity contribution is 8.00. The van der Waals surface area contributed by atoms with Gasteiger partial charge in [-0.25, -0.2) is 0 Å². The van der Waals surface area contributed by atoms with E-state index in [1.165, 1.54) is 11.8 Å². The zero-order valence-electron chi connectivity index (χ0n) is 15.3. The quantitative estimate of drug-likeness (QED) is 0.735. The van der Waals surface area contributed by atoms with Crippen molar-refractivity contribution in [3.63, 3.8) is 0 Å². The molecule has 0 unspecified atom stereocenters. The Bertz CT molecular complexity index is 821. The van der Waals surface area contributed by atoms with Crippen molar-refractivity contribution in [2.45, 2.75) is 23.4 Å². The van der Waals surface area contributed by atoms with Gasteiger partial charge in [0.25, 0.3) is 0 Å². The second kappa shape index (κ2) is 7.77. The van der Waals surface area contributed by atoms with Crippen molar-refractivity contribution >= 4 is 17.7 Å². The standard InChI is InChI=1S/C18H22N4O4S/c1-12(17(23)22-7-9-24-10-8-22)27-18-20-19-16(21(18)2)15-11-25-13-5-3-4-6-14(13)26-15/h3-6,12,15H,7-11H2,1-2H3/t12-,15+/m0/s1. The molecule has 9 heteroatoms. The van der Waals surface area contributed by atoms with Crippen molar-refractivity contribution in [3.05, 3.63) is 30.1 Å². The molecule has 0 aliphatic carbocycles. The van der Waals surface area contributed by atoms with Gasteiger partial charge in [-0.2, -0.15) is 0 Å². The average molecular weight is 390 g/mol. The van der Waals surface area contributed by atoms with Crippen molar-refractivity contribution in [2.75, 3.05) is 32.9 Å². The Morgan fingerprint density at radius 1 is 1.22 bits per heavy atom. The van der Waals surface area contributed by atoms with E-state index in [1.54, 1.807) is 0 Å². The Hall–Kier alpha value is -2.26. The highest BCUT2D eigenvalue weighted by Crippen LogP contribution is 2.36. The molecule has 8 nitrogen and oxygen atoms in total. The number of rotatable bonds is 4. The van der Waals surface area contributed by atoms with E-state index in [4.69, 9.17) is 14.2 Å². The maximum Gasteiger partial charge on any atom is 0.236 e. The highest BCUT2D eigenvalue weighted by atomic mass is 32.2. The topological polar surface area (TPSA) is 78.7 Å². The summed E-state index contributed by atoms with van der Waals surface area (Å²) < 4.78 is 19.0. The molecule has 2 atom stereocenters. The summed E-state index contributed by atoms with van der Waals surface area (Å²) in [6.45, 7) is 4.74. The van der Waals surface area contributed by atoms with E-state index in [-0.39, 0.29) is 17.3 Å². The van der Waals surface area contributed by atoms with Gasteiger partial charge in [-0.05, 0) is 19.1 Å². The van der Waals surface area contributed by atoms with Crippen molar-refractivity contribution in [1.82, 2.24) is 19.7 Å². The fraction of sp³-hybridized carbons (Fsp3) is 0.500. The molecule has 1 amide bonds. The number of nitrogens with zero attached hydrogens (tertiary/aromatic N) is 4. The average Bonchev–Trinajstić information content (AvgIpc) is 3.08. The molecule has 144 valence electrons. The van der Waals surface area contributed by atoms with E-state index in [9.17, 15) is 4.79 Å². The summed E-state index contributed by atoms with van der Waals surface area (Å²) in [6.07, 6.45) is -0.336. The van der Waals surface area contributed by atoms with Crippen molar-refractivity contribution < 1.29 is 19.0 Å². The molecule has 0 saturated carbocycles.